The van der Waals surface area contributed by atoms with E-state index in [0.717, 1.165) is 74.8 Å². The van der Waals surface area contributed by atoms with E-state index in [4.69, 9.17) is 40.6 Å². The van der Waals surface area contributed by atoms with Gasteiger partial charge in [-0.15, -0.1) is 0 Å². The molecular weight excluding hydrogens is 624 g/mol. The quantitative estimate of drug-likeness (QED) is 0.0997. The summed E-state index contributed by atoms with van der Waals surface area (Å²) in [6.45, 7) is 8.53. The van der Waals surface area contributed by atoms with Crippen molar-refractivity contribution < 1.29 is 38.6 Å². The number of hydrogen-bond donors (Lipinski definition) is 1. The van der Waals surface area contributed by atoms with Crippen LogP contribution in [0.4, 0.5) is 0 Å². The van der Waals surface area contributed by atoms with Gasteiger partial charge in [-0.2, -0.15) is 0 Å². The number of ether oxygens (including phenoxy) is 4. The zero-order valence-electron chi connectivity index (χ0n) is 27.8. The molecule has 5 rings (SSSR count). The first-order valence-corrected chi connectivity index (χ1v) is 16.5. The van der Waals surface area contributed by atoms with Crippen molar-refractivity contribution in [3.05, 3.63) is 71.8 Å². The van der Waals surface area contributed by atoms with Crippen LogP contribution in [0.15, 0.2) is 71.0 Å². The average Bonchev–Trinajstić information content (AvgIpc) is 3.52. The summed E-state index contributed by atoms with van der Waals surface area (Å²) in [5.41, 5.74) is 3.64. The Balaban J connectivity index is 0.000000212. The van der Waals surface area contributed by atoms with Gasteiger partial charge in [0.05, 0.1) is 45.0 Å². The van der Waals surface area contributed by atoms with E-state index in [0.29, 0.717) is 24.5 Å². The Kier molecular flexibility index (Phi) is 15.1. The SMILES string of the molecule is C=C1CCC(C(=O)OCC)CC1.CCOC(=O)C1CCC2(CC1)CC(c1cccc(OC)c1)=NO2.COc1cccc(/C(Cl)=N/O)c1. The second-order valence-corrected chi connectivity index (χ2v) is 12.0. The van der Waals surface area contributed by atoms with Gasteiger partial charge in [0.2, 0.25) is 0 Å². The van der Waals surface area contributed by atoms with E-state index in [1.165, 1.54) is 5.57 Å². The molecule has 47 heavy (non-hydrogen) atoms. The maximum absolute atomic E-state index is 11.9. The van der Waals surface area contributed by atoms with Crippen molar-refractivity contribution in [3.8, 4) is 11.5 Å². The lowest BCUT2D eigenvalue weighted by Gasteiger charge is -2.33. The molecule has 0 bridgehead atoms. The summed E-state index contributed by atoms with van der Waals surface area (Å²) in [7, 11) is 3.22. The van der Waals surface area contributed by atoms with Crippen LogP contribution in [0.25, 0.3) is 0 Å². The summed E-state index contributed by atoms with van der Waals surface area (Å²) in [6.07, 6.45) is 7.92. The molecule has 11 heteroatoms. The average molecular weight is 671 g/mol. The molecule has 256 valence electrons. The number of hydrogen-bond acceptors (Lipinski definition) is 10. The van der Waals surface area contributed by atoms with Crippen molar-refractivity contribution >= 4 is 34.4 Å². The van der Waals surface area contributed by atoms with E-state index in [1.54, 1.807) is 38.5 Å². The van der Waals surface area contributed by atoms with Gasteiger partial charge in [-0.25, -0.2) is 0 Å². The lowest BCUT2D eigenvalue weighted by atomic mass is 9.76. The van der Waals surface area contributed by atoms with E-state index in [-0.39, 0.29) is 34.5 Å². The van der Waals surface area contributed by atoms with Gasteiger partial charge in [0.25, 0.3) is 0 Å². The first kappa shape index (κ1) is 37.4. The second-order valence-electron chi connectivity index (χ2n) is 11.6. The van der Waals surface area contributed by atoms with Crippen molar-refractivity contribution in [2.45, 2.75) is 77.2 Å². The first-order valence-electron chi connectivity index (χ1n) is 16.1. The monoisotopic (exact) mass is 670 g/mol. The third-order valence-electron chi connectivity index (χ3n) is 8.47. The fourth-order valence-corrected chi connectivity index (χ4v) is 5.84. The van der Waals surface area contributed by atoms with E-state index in [9.17, 15) is 9.59 Å². The van der Waals surface area contributed by atoms with E-state index in [2.05, 4.69) is 16.9 Å². The molecule has 2 aromatic rings. The molecule has 3 aliphatic rings. The normalized spacial score (nSPS) is 20.8. The van der Waals surface area contributed by atoms with Crippen molar-refractivity contribution in [2.75, 3.05) is 27.4 Å². The van der Waals surface area contributed by atoms with Crippen LogP contribution >= 0.6 is 11.6 Å². The molecule has 10 nitrogen and oxygen atoms in total. The van der Waals surface area contributed by atoms with Crippen LogP contribution < -0.4 is 9.47 Å². The standard InChI is InChI=1S/C18H23NO4.C10H16O2.C8H8ClNO2/c1-3-22-17(20)13-7-9-18(10-8-13)12-16(19-23-18)14-5-4-6-15(11-14)21-2;1-3-12-10(11)9-6-4-8(2)5-7-9;1-12-7-4-2-3-6(5-7)8(9)10-11/h4-6,11,13H,3,7-10,12H2,1-2H3;9H,2-7H2,1H3;2-5,11H,1H3/b;;10-8-. The summed E-state index contributed by atoms with van der Waals surface area (Å²) in [5, 5.41) is 15.6. The smallest absolute Gasteiger partial charge is 0.308 e. The second kappa shape index (κ2) is 18.9. The Labute approximate surface area is 282 Å². The number of halogens is 1. The Morgan fingerprint density at radius 3 is 2.04 bits per heavy atom. The van der Waals surface area contributed by atoms with Crippen LogP contribution in [0.2, 0.25) is 0 Å². The van der Waals surface area contributed by atoms with Gasteiger partial charge in [0.15, 0.2) is 5.17 Å². The molecule has 0 atom stereocenters. The first-order chi connectivity index (χ1) is 22.7. The molecule has 2 aromatic carbocycles. The van der Waals surface area contributed by atoms with Gasteiger partial charge < -0.3 is 29.0 Å². The topological polar surface area (TPSA) is 125 Å². The Hall–Kier alpha value is -4.05. The van der Waals surface area contributed by atoms with Crippen LogP contribution in [-0.2, 0) is 23.9 Å². The minimum atomic E-state index is -0.249. The van der Waals surface area contributed by atoms with Gasteiger partial charge in [-0.05, 0) is 89.5 Å². The number of oxime groups is 2. The zero-order chi connectivity index (χ0) is 34.2. The lowest BCUT2D eigenvalue weighted by Crippen LogP contribution is -2.36. The van der Waals surface area contributed by atoms with E-state index < -0.39 is 0 Å². The Bertz CT molecular complexity index is 1390. The van der Waals surface area contributed by atoms with Gasteiger partial charge in [-0.1, -0.05) is 58.3 Å². The third-order valence-corrected chi connectivity index (χ3v) is 8.76. The molecule has 0 saturated heterocycles. The number of benzene rings is 2. The van der Waals surface area contributed by atoms with Crippen LogP contribution in [0, 0.1) is 11.8 Å². The van der Waals surface area contributed by atoms with E-state index >= 15 is 0 Å². The maximum atomic E-state index is 11.9. The summed E-state index contributed by atoms with van der Waals surface area (Å²) in [4.78, 5) is 28.9. The largest absolute Gasteiger partial charge is 0.497 e. The van der Waals surface area contributed by atoms with Crippen LogP contribution in [0.5, 0.6) is 11.5 Å². The minimum Gasteiger partial charge on any atom is -0.497 e. The molecule has 1 spiro atoms. The van der Waals surface area contributed by atoms with Gasteiger partial charge in [-0.3, -0.25) is 9.59 Å². The van der Waals surface area contributed by atoms with E-state index in [1.807, 2.05) is 38.1 Å². The molecule has 0 unspecified atom stereocenters. The molecule has 2 saturated carbocycles. The summed E-state index contributed by atoms with van der Waals surface area (Å²) in [6, 6.07) is 14.8. The highest BCUT2D eigenvalue weighted by Gasteiger charge is 2.44. The molecule has 1 aliphatic heterocycles. The maximum Gasteiger partial charge on any atom is 0.308 e. The molecule has 0 radical (unpaired) electrons. The van der Waals surface area contributed by atoms with Gasteiger partial charge >= 0.3 is 11.9 Å². The number of esters is 2. The molecule has 0 amide bonds. The van der Waals surface area contributed by atoms with Gasteiger partial charge in [0, 0.05) is 17.5 Å². The Morgan fingerprint density at radius 1 is 0.936 bits per heavy atom. The minimum absolute atomic E-state index is 0.00467. The lowest BCUT2D eigenvalue weighted by molar-refractivity contribution is -0.152. The number of carbonyl (C=O) groups excluding carboxylic acids is 2. The van der Waals surface area contributed by atoms with Gasteiger partial charge in [0.1, 0.15) is 17.1 Å². The number of methoxy groups -OCH3 is 2. The molecule has 2 aliphatic carbocycles. The molecule has 1 N–H and O–H groups in total. The predicted molar refractivity (Wildman–Crippen MR) is 181 cm³/mol. The molecular formula is C36H47ClN2O8. The van der Waals surface area contributed by atoms with Crippen LogP contribution in [-0.4, -0.2) is 61.1 Å². The predicted octanol–water partition coefficient (Wildman–Crippen LogP) is 7.68. The molecule has 2 fully saturated rings. The fourth-order valence-electron chi connectivity index (χ4n) is 5.72. The Morgan fingerprint density at radius 2 is 1.49 bits per heavy atom. The summed E-state index contributed by atoms with van der Waals surface area (Å²) in [5.74, 6) is 1.53. The highest BCUT2D eigenvalue weighted by atomic mass is 35.5. The van der Waals surface area contributed by atoms with Crippen molar-refractivity contribution in [1.29, 1.82) is 0 Å². The van der Waals surface area contributed by atoms with Crippen LogP contribution in [0.3, 0.4) is 0 Å². The summed E-state index contributed by atoms with van der Waals surface area (Å²) >= 11 is 5.56. The highest BCUT2D eigenvalue weighted by molar-refractivity contribution is 6.69. The summed E-state index contributed by atoms with van der Waals surface area (Å²) < 4.78 is 20.3. The molecule has 0 aromatic heterocycles. The molecule has 1 heterocycles. The van der Waals surface area contributed by atoms with Crippen molar-refractivity contribution in [3.63, 3.8) is 0 Å². The van der Waals surface area contributed by atoms with Crippen molar-refractivity contribution in [2.24, 2.45) is 22.1 Å². The van der Waals surface area contributed by atoms with Crippen molar-refractivity contribution in [1.82, 2.24) is 0 Å². The fraction of sp³-hybridized carbons (Fsp3) is 0.500. The zero-order valence-corrected chi connectivity index (χ0v) is 28.6. The number of nitrogens with zero attached hydrogens (tertiary/aromatic N) is 2. The number of allylic oxidation sites excluding steroid dienone is 1. The number of carbonyl (C=O) groups is 2. The highest BCUT2D eigenvalue weighted by Crippen LogP contribution is 2.42. The van der Waals surface area contributed by atoms with Crippen LogP contribution in [0.1, 0.15) is 82.8 Å². The third kappa shape index (κ3) is 11.3. The number of rotatable bonds is 8.